The fraction of sp³-hybridized carbons (Fsp3) is 0.250. The van der Waals surface area contributed by atoms with Crippen LogP contribution in [0, 0.1) is 10.1 Å². The van der Waals surface area contributed by atoms with Gasteiger partial charge in [0.15, 0.2) is 0 Å². The summed E-state index contributed by atoms with van der Waals surface area (Å²) in [6, 6.07) is 5.26. The molecule has 0 aromatic heterocycles. The number of non-ortho nitro benzene ring substituents is 1. The van der Waals surface area contributed by atoms with Crippen LogP contribution in [0.3, 0.4) is 0 Å². The Labute approximate surface area is 103 Å². The van der Waals surface area contributed by atoms with Crippen molar-refractivity contribution in [2.45, 2.75) is 13.8 Å². The Morgan fingerprint density at radius 3 is 2.39 bits per heavy atom. The van der Waals surface area contributed by atoms with Gasteiger partial charge in [-0.25, -0.2) is 4.79 Å². The van der Waals surface area contributed by atoms with Crippen LogP contribution < -0.4 is 0 Å². The van der Waals surface area contributed by atoms with Gasteiger partial charge in [-0.1, -0.05) is 0 Å². The summed E-state index contributed by atoms with van der Waals surface area (Å²) in [5.74, 6) is -2.03. The minimum absolute atomic E-state index is 0.0831. The van der Waals surface area contributed by atoms with Crippen molar-refractivity contribution in [2.24, 2.45) is 0 Å². The first-order valence-corrected chi connectivity index (χ1v) is 5.25. The molecule has 18 heavy (non-hydrogen) atoms. The SMILES string of the molecule is CCOC(=O)/C(F)=C(/C)c1ccc([N+](=O)[O-])cc1. The Balaban J connectivity index is 3.02. The van der Waals surface area contributed by atoms with Crippen molar-refractivity contribution in [3.05, 3.63) is 45.8 Å². The summed E-state index contributed by atoms with van der Waals surface area (Å²) >= 11 is 0. The molecule has 0 aliphatic heterocycles. The Kier molecular flexibility index (Phi) is 4.53. The van der Waals surface area contributed by atoms with Gasteiger partial charge in [0.2, 0.25) is 5.83 Å². The van der Waals surface area contributed by atoms with Gasteiger partial charge in [-0.2, -0.15) is 4.39 Å². The highest BCUT2D eigenvalue weighted by atomic mass is 19.1. The summed E-state index contributed by atoms with van der Waals surface area (Å²) in [5, 5.41) is 10.5. The molecule has 0 spiro atoms. The number of ether oxygens (including phenoxy) is 1. The molecule has 0 aliphatic carbocycles. The molecule has 6 heteroatoms. The van der Waals surface area contributed by atoms with Crippen LogP contribution in [0.1, 0.15) is 19.4 Å². The fourth-order valence-corrected chi connectivity index (χ4v) is 1.31. The average Bonchev–Trinajstić information content (AvgIpc) is 2.37. The van der Waals surface area contributed by atoms with Gasteiger partial charge in [-0.15, -0.1) is 0 Å². The van der Waals surface area contributed by atoms with E-state index in [0.717, 1.165) is 0 Å². The minimum Gasteiger partial charge on any atom is -0.461 e. The largest absolute Gasteiger partial charge is 0.461 e. The first-order valence-electron chi connectivity index (χ1n) is 5.25. The third-order valence-corrected chi connectivity index (χ3v) is 2.30. The molecule has 96 valence electrons. The van der Waals surface area contributed by atoms with Crippen molar-refractivity contribution in [2.75, 3.05) is 6.61 Å². The van der Waals surface area contributed by atoms with Gasteiger partial charge < -0.3 is 4.74 Å². The van der Waals surface area contributed by atoms with Gasteiger partial charge in [-0.05, 0) is 37.1 Å². The first-order chi connectivity index (χ1) is 8.47. The van der Waals surface area contributed by atoms with Gasteiger partial charge in [0.1, 0.15) is 0 Å². The molecular formula is C12H12FNO4. The third-order valence-electron chi connectivity index (χ3n) is 2.30. The van der Waals surface area contributed by atoms with E-state index in [1.165, 1.54) is 31.2 Å². The van der Waals surface area contributed by atoms with Crippen LogP contribution in [-0.2, 0) is 9.53 Å². The van der Waals surface area contributed by atoms with E-state index in [-0.39, 0.29) is 17.9 Å². The van der Waals surface area contributed by atoms with E-state index in [2.05, 4.69) is 4.74 Å². The lowest BCUT2D eigenvalue weighted by atomic mass is 10.1. The predicted molar refractivity (Wildman–Crippen MR) is 63.4 cm³/mol. The number of nitro groups is 1. The van der Waals surface area contributed by atoms with E-state index in [0.29, 0.717) is 5.56 Å². The molecule has 0 unspecified atom stereocenters. The molecule has 1 rings (SSSR count). The summed E-state index contributed by atoms with van der Waals surface area (Å²) in [4.78, 5) is 21.1. The Bertz CT molecular complexity index is 493. The van der Waals surface area contributed by atoms with E-state index < -0.39 is 16.7 Å². The highest BCUT2D eigenvalue weighted by molar-refractivity contribution is 5.94. The van der Waals surface area contributed by atoms with Crippen molar-refractivity contribution in [1.29, 1.82) is 0 Å². The van der Waals surface area contributed by atoms with Crippen LogP contribution in [-0.4, -0.2) is 17.5 Å². The summed E-state index contributed by atoms with van der Waals surface area (Å²) in [6.07, 6.45) is 0. The number of rotatable bonds is 4. The Hall–Kier alpha value is -2.24. The van der Waals surface area contributed by atoms with Gasteiger partial charge in [0.25, 0.3) is 5.69 Å². The quantitative estimate of drug-likeness (QED) is 0.358. The number of nitro benzene ring substituents is 1. The van der Waals surface area contributed by atoms with Crippen molar-refractivity contribution in [1.82, 2.24) is 0 Å². The highest BCUT2D eigenvalue weighted by Crippen LogP contribution is 2.22. The van der Waals surface area contributed by atoms with Crippen LogP contribution in [0.15, 0.2) is 30.1 Å². The van der Waals surface area contributed by atoms with Crippen LogP contribution >= 0.6 is 0 Å². The Morgan fingerprint density at radius 1 is 1.39 bits per heavy atom. The van der Waals surface area contributed by atoms with Gasteiger partial charge in [0.05, 0.1) is 11.5 Å². The fourth-order valence-electron chi connectivity index (χ4n) is 1.31. The molecule has 1 aromatic carbocycles. The zero-order chi connectivity index (χ0) is 13.7. The van der Waals surface area contributed by atoms with Gasteiger partial charge >= 0.3 is 5.97 Å². The van der Waals surface area contributed by atoms with Crippen LogP contribution in [0.2, 0.25) is 0 Å². The van der Waals surface area contributed by atoms with Gasteiger partial charge in [0, 0.05) is 12.1 Å². The standard InChI is InChI=1S/C12H12FNO4/c1-3-18-12(15)11(13)8(2)9-4-6-10(7-5-9)14(16)17/h4-7H,3H2,1-2H3/b11-8+. The molecule has 0 aliphatic rings. The number of allylic oxidation sites excluding steroid dienone is 1. The number of benzene rings is 1. The smallest absolute Gasteiger partial charge is 0.367 e. The molecule has 0 bridgehead atoms. The third kappa shape index (κ3) is 3.13. The van der Waals surface area contributed by atoms with Crippen molar-refractivity contribution >= 4 is 17.2 Å². The molecule has 0 saturated carbocycles. The number of nitrogens with zero attached hydrogens (tertiary/aromatic N) is 1. The molecule has 0 saturated heterocycles. The summed E-state index contributed by atoms with van der Waals surface area (Å²) < 4.78 is 18.1. The second kappa shape index (κ2) is 5.90. The van der Waals surface area contributed by atoms with Crippen molar-refractivity contribution in [3.63, 3.8) is 0 Å². The molecule has 1 aromatic rings. The Morgan fingerprint density at radius 2 is 1.94 bits per heavy atom. The number of hydrogen-bond donors (Lipinski definition) is 0. The van der Waals surface area contributed by atoms with Crippen LogP contribution in [0.25, 0.3) is 5.57 Å². The molecular weight excluding hydrogens is 241 g/mol. The summed E-state index contributed by atoms with van der Waals surface area (Å²) in [5.41, 5.74) is 0.387. The summed E-state index contributed by atoms with van der Waals surface area (Å²) in [7, 11) is 0. The number of hydrogen-bond acceptors (Lipinski definition) is 4. The lowest BCUT2D eigenvalue weighted by Gasteiger charge is -2.04. The summed E-state index contributed by atoms with van der Waals surface area (Å²) in [6.45, 7) is 3.07. The van der Waals surface area contributed by atoms with E-state index >= 15 is 0 Å². The van der Waals surface area contributed by atoms with E-state index in [9.17, 15) is 19.3 Å². The molecule has 0 heterocycles. The van der Waals surface area contributed by atoms with E-state index in [1.54, 1.807) is 6.92 Å². The second-order valence-corrected chi connectivity index (χ2v) is 3.46. The number of halogens is 1. The monoisotopic (exact) mass is 253 g/mol. The normalized spacial score (nSPS) is 11.7. The highest BCUT2D eigenvalue weighted by Gasteiger charge is 2.15. The number of carbonyl (C=O) groups is 1. The lowest BCUT2D eigenvalue weighted by Crippen LogP contribution is -2.05. The van der Waals surface area contributed by atoms with Crippen molar-refractivity contribution < 1.29 is 18.8 Å². The maximum atomic E-state index is 13.6. The van der Waals surface area contributed by atoms with E-state index in [1.807, 2.05) is 0 Å². The maximum Gasteiger partial charge on any atom is 0.367 e. The zero-order valence-corrected chi connectivity index (χ0v) is 9.97. The van der Waals surface area contributed by atoms with Crippen molar-refractivity contribution in [3.8, 4) is 0 Å². The molecule has 0 atom stereocenters. The molecule has 0 radical (unpaired) electrons. The topological polar surface area (TPSA) is 69.4 Å². The minimum atomic E-state index is -1.03. The second-order valence-electron chi connectivity index (χ2n) is 3.46. The average molecular weight is 253 g/mol. The maximum absolute atomic E-state index is 13.6. The number of esters is 1. The van der Waals surface area contributed by atoms with E-state index in [4.69, 9.17) is 0 Å². The zero-order valence-electron chi connectivity index (χ0n) is 9.97. The van der Waals surface area contributed by atoms with Gasteiger partial charge in [-0.3, -0.25) is 10.1 Å². The molecule has 0 fully saturated rings. The molecule has 0 amide bonds. The molecule has 0 N–H and O–H groups in total. The number of carbonyl (C=O) groups excluding carboxylic acids is 1. The first kappa shape index (κ1) is 13.8. The van der Waals surface area contributed by atoms with Crippen LogP contribution in [0.5, 0.6) is 0 Å². The van der Waals surface area contributed by atoms with Crippen LogP contribution in [0.4, 0.5) is 10.1 Å². The molecule has 5 nitrogen and oxygen atoms in total. The lowest BCUT2D eigenvalue weighted by molar-refractivity contribution is -0.384. The predicted octanol–water partition coefficient (Wildman–Crippen LogP) is 2.86.